The van der Waals surface area contributed by atoms with E-state index in [4.69, 9.17) is 34.0 Å². The molecule has 1 aliphatic rings. The molecule has 0 bridgehead atoms. The summed E-state index contributed by atoms with van der Waals surface area (Å²) in [6.45, 7) is 0.877. The van der Waals surface area contributed by atoms with Crippen molar-refractivity contribution >= 4 is 23.5 Å². The fourth-order valence-corrected chi connectivity index (χ4v) is 3.34. The lowest BCUT2D eigenvalue weighted by Gasteiger charge is -2.28. The summed E-state index contributed by atoms with van der Waals surface area (Å²) in [4.78, 5) is 31.3. The number of hydrogen-bond donors (Lipinski definition) is 4. The Bertz CT molecular complexity index is 1170. The molecule has 0 aromatic heterocycles. The van der Waals surface area contributed by atoms with Gasteiger partial charge in [-0.25, -0.2) is 9.59 Å². The second kappa shape index (κ2) is 12.8. The molecule has 1 heterocycles. The lowest BCUT2D eigenvalue weighted by Crippen LogP contribution is -2.42. The number of nitrogens with one attached hydrogen (secondary N) is 2. The number of methoxy groups -OCH3 is 1. The molecular weight excluding hydrogens is 468 g/mol. The van der Waals surface area contributed by atoms with E-state index in [1.54, 1.807) is 13.2 Å². The topological polar surface area (TPSA) is 143 Å². The van der Waals surface area contributed by atoms with Crippen LogP contribution in [0.4, 0.5) is 5.69 Å². The molecule has 3 aromatic rings. The van der Waals surface area contributed by atoms with Crippen LogP contribution < -0.4 is 24.8 Å². The van der Waals surface area contributed by atoms with Crippen molar-refractivity contribution in [3.05, 3.63) is 84.4 Å². The Balaban J connectivity index is 0.000000538. The maximum Gasteiger partial charge on any atom is 0.414 e. The minimum Gasteiger partial charge on any atom is -0.497 e. The van der Waals surface area contributed by atoms with Gasteiger partial charge in [-0.15, -0.1) is 0 Å². The number of anilines is 1. The first kappa shape index (κ1) is 26.0. The maximum absolute atomic E-state index is 13.1. The van der Waals surface area contributed by atoms with Crippen molar-refractivity contribution in [3.8, 4) is 17.2 Å². The minimum atomic E-state index is -1.82. The average Bonchev–Trinajstić information content (AvgIpc) is 2.89. The molecule has 0 saturated carbocycles. The van der Waals surface area contributed by atoms with Crippen LogP contribution in [-0.2, 0) is 14.4 Å². The molecule has 0 spiro atoms. The lowest BCUT2D eigenvalue weighted by molar-refractivity contribution is -0.159. The fourth-order valence-electron chi connectivity index (χ4n) is 3.34. The lowest BCUT2D eigenvalue weighted by atomic mass is 10.1. The van der Waals surface area contributed by atoms with Crippen LogP contribution in [0, 0.1) is 0 Å². The van der Waals surface area contributed by atoms with Crippen molar-refractivity contribution in [1.82, 2.24) is 5.32 Å². The van der Waals surface area contributed by atoms with Crippen molar-refractivity contribution in [1.29, 1.82) is 0 Å². The highest BCUT2D eigenvalue weighted by Gasteiger charge is 2.25. The number of ether oxygens (including phenoxy) is 3. The summed E-state index contributed by atoms with van der Waals surface area (Å²) in [6.07, 6.45) is -0.198. The maximum atomic E-state index is 13.1. The second-order valence-corrected chi connectivity index (χ2v) is 7.58. The van der Waals surface area contributed by atoms with Gasteiger partial charge in [0.05, 0.1) is 7.11 Å². The number of carbonyl (C=O) groups excluding carboxylic acids is 1. The van der Waals surface area contributed by atoms with Gasteiger partial charge in [0.15, 0.2) is 11.5 Å². The molecule has 4 N–H and O–H groups in total. The first-order valence-corrected chi connectivity index (χ1v) is 11.0. The molecule has 0 aliphatic carbocycles. The smallest absolute Gasteiger partial charge is 0.414 e. The first-order valence-electron chi connectivity index (χ1n) is 11.0. The van der Waals surface area contributed by atoms with E-state index in [2.05, 4.69) is 10.6 Å². The van der Waals surface area contributed by atoms with Crippen molar-refractivity contribution in [2.24, 2.45) is 0 Å². The van der Waals surface area contributed by atoms with Gasteiger partial charge in [-0.3, -0.25) is 10.1 Å². The van der Waals surface area contributed by atoms with Crippen molar-refractivity contribution in [2.75, 3.05) is 25.6 Å². The van der Waals surface area contributed by atoms with E-state index in [0.717, 1.165) is 11.3 Å². The van der Waals surface area contributed by atoms with Gasteiger partial charge in [0.1, 0.15) is 24.5 Å². The molecular formula is C26H26N2O8. The number of carboxylic acid groups (broad SMARTS) is 2. The summed E-state index contributed by atoms with van der Waals surface area (Å²) in [6, 6.07) is 23.9. The van der Waals surface area contributed by atoms with Gasteiger partial charge in [0, 0.05) is 18.3 Å². The fraction of sp³-hybridized carbons (Fsp3) is 0.192. The summed E-state index contributed by atoms with van der Waals surface area (Å²) >= 11 is 0. The number of fused-ring (bicyclic) bond motifs is 1. The average molecular weight is 495 g/mol. The van der Waals surface area contributed by atoms with Gasteiger partial charge in [-0.05, 0) is 29.8 Å². The zero-order chi connectivity index (χ0) is 25.9. The Morgan fingerprint density at radius 1 is 0.944 bits per heavy atom. The molecule has 36 heavy (non-hydrogen) atoms. The van der Waals surface area contributed by atoms with Gasteiger partial charge in [-0.2, -0.15) is 0 Å². The number of amides is 1. The third-order valence-electron chi connectivity index (χ3n) is 5.03. The summed E-state index contributed by atoms with van der Waals surface area (Å²) < 4.78 is 17.0. The van der Waals surface area contributed by atoms with Crippen molar-refractivity contribution in [3.63, 3.8) is 0 Å². The third-order valence-corrected chi connectivity index (χ3v) is 5.03. The Kier molecular flexibility index (Phi) is 9.24. The number of hydrogen-bond acceptors (Lipinski definition) is 7. The standard InChI is InChI=1S/C24H24N2O4.C2H2O4/c1-28-19-11-7-10-18(14-19)26-24(27)23(17-8-3-2-4-9-17)25-15-20-16-29-21-12-5-6-13-22(21)30-20;3-1(4)2(5)6/h2-14,20,23,25H,15-16H2,1H3,(H,26,27);(H,3,4)(H,5,6). The molecule has 1 aliphatic heterocycles. The summed E-state index contributed by atoms with van der Waals surface area (Å²) in [7, 11) is 1.60. The van der Waals surface area contributed by atoms with Crippen LogP contribution in [0.5, 0.6) is 17.2 Å². The molecule has 0 fully saturated rings. The van der Waals surface area contributed by atoms with E-state index in [-0.39, 0.29) is 12.0 Å². The van der Waals surface area contributed by atoms with E-state index in [1.807, 2.05) is 72.8 Å². The van der Waals surface area contributed by atoms with Crippen LogP contribution in [0.2, 0.25) is 0 Å². The molecule has 0 saturated heterocycles. The number of benzene rings is 3. The first-order chi connectivity index (χ1) is 17.4. The van der Waals surface area contributed by atoms with E-state index in [0.29, 0.717) is 30.3 Å². The van der Waals surface area contributed by atoms with Gasteiger partial charge in [0.2, 0.25) is 5.91 Å². The van der Waals surface area contributed by atoms with Gasteiger partial charge >= 0.3 is 11.9 Å². The minimum absolute atomic E-state index is 0.161. The van der Waals surface area contributed by atoms with Crippen LogP contribution >= 0.6 is 0 Å². The van der Waals surface area contributed by atoms with Gasteiger partial charge in [-0.1, -0.05) is 48.5 Å². The van der Waals surface area contributed by atoms with Crippen molar-refractivity contribution < 1.29 is 38.8 Å². The molecule has 2 unspecified atom stereocenters. The molecule has 4 rings (SSSR count). The number of carboxylic acids is 2. The Hall–Kier alpha value is -4.57. The number of rotatable bonds is 7. The quantitative estimate of drug-likeness (QED) is 0.365. The molecule has 3 aromatic carbocycles. The zero-order valence-electron chi connectivity index (χ0n) is 19.4. The van der Waals surface area contributed by atoms with Crippen molar-refractivity contribution in [2.45, 2.75) is 12.1 Å². The highest BCUT2D eigenvalue weighted by atomic mass is 16.6. The van der Waals surface area contributed by atoms with Gasteiger partial charge in [0.25, 0.3) is 0 Å². The Labute approximate surface area is 207 Å². The second-order valence-electron chi connectivity index (χ2n) is 7.58. The van der Waals surface area contributed by atoms with Crippen LogP contribution in [0.15, 0.2) is 78.9 Å². The number of carbonyl (C=O) groups is 3. The largest absolute Gasteiger partial charge is 0.497 e. The normalized spacial score (nSPS) is 14.4. The van der Waals surface area contributed by atoms with Gasteiger partial charge < -0.3 is 29.7 Å². The van der Waals surface area contributed by atoms with E-state index in [1.165, 1.54) is 0 Å². The van der Waals surface area contributed by atoms with Crippen LogP contribution in [-0.4, -0.2) is 54.4 Å². The highest BCUT2D eigenvalue weighted by molar-refractivity contribution is 6.27. The third kappa shape index (κ3) is 7.47. The number of para-hydroxylation sites is 2. The Morgan fingerprint density at radius 2 is 1.61 bits per heavy atom. The summed E-state index contributed by atoms with van der Waals surface area (Å²) in [5, 5.41) is 21.1. The zero-order valence-corrected chi connectivity index (χ0v) is 19.4. The summed E-state index contributed by atoms with van der Waals surface area (Å²) in [5.74, 6) is -1.67. The monoisotopic (exact) mass is 494 g/mol. The molecule has 0 radical (unpaired) electrons. The molecule has 1 amide bonds. The molecule has 2 atom stereocenters. The van der Waals surface area contributed by atoms with Crippen LogP contribution in [0.3, 0.4) is 0 Å². The SMILES string of the molecule is COc1cccc(NC(=O)C(NCC2COc3ccccc3O2)c2ccccc2)c1.O=C(O)C(=O)O. The molecule has 188 valence electrons. The summed E-state index contributed by atoms with van der Waals surface area (Å²) in [5.41, 5.74) is 1.54. The van der Waals surface area contributed by atoms with E-state index < -0.39 is 18.0 Å². The van der Waals surface area contributed by atoms with E-state index in [9.17, 15) is 4.79 Å². The molecule has 10 nitrogen and oxygen atoms in total. The predicted octanol–water partition coefficient (Wildman–Crippen LogP) is 2.96. The number of aliphatic carboxylic acids is 2. The predicted molar refractivity (Wildman–Crippen MR) is 130 cm³/mol. The molecule has 10 heteroatoms. The Morgan fingerprint density at radius 3 is 2.28 bits per heavy atom. The van der Waals surface area contributed by atoms with Crippen LogP contribution in [0.1, 0.15) is 11.6 Å². The highest BCUT2D eigenvalue weighted by Crippen LogP contribution is 2.31. The van der Waals surface area contributed by atoms with Crippen LogP contribution in [0.25, 0.3) is 0 Å². The van der Waals surface area contributed by atoms with E-state index >= 15 is 0 Å².